The molecule has 0 aliphatic carbocycles. The van der Waals surface area contributed by atoms with Crippen LogP contribution in [0.2, 0.25) is 0 Å². The second-order valence-corrected chi connectivity index (χ2v) is 5.80. The lowest BCUT2D eigenvalue weighted by molar-refractivity contribution is -0.139. The van der Waals surface area contributed by atoms with E-state index >= 15 is 0 Å². The number of hydrogen-bond acceptors (Lipinski definition) is 5. The van der Waals surface area contributed by atoms with Crippen LogP contribution in [0, 0.1) is 0 Å². The largest absolute Gasteiger partial charge is 0.394 e. The Labute approximate surface area is 125 Å². The van der Waals surface area contributed by atoms with Crippen molar-refractivity contribution in [3.63, 3.8) is 0 Å². The molecule has 1 fully saturated rings. The van der Waals surface area contributed by atoms with Gasteiger partial charge in [-0.1, -0.05) is 0 Å². The van der Waals surface area contributed by atoms with Crippen molar-refractivity contribution in [3.05, 3.63) is 23.9 Å². The zero-order valence-corrected chi connectivity index (χ0v) is 12.8. The highest BCUT2D eigenvalue weighted by molar-refractivity contribution is 5.98. The number of anilines is 1. The van der Waals surface area contributed by atoms with Gasteiger partial charge in [0.05, 0.1) is 23.9 Å². The number of carbonyl (C=O) groups is 1. The molecule has 1 aromatic rings. The van der Waals surface area contributed by atoms with Gasteiger partial charge in [0.15, 0.2) is 0 Å². The van der Waals surface area contributed by atoms with E-state index in [1.165, 1.54) is 0 Å². The second kappa shape index (κ2) is 6.41. The monoisotopic (exact) mass is 293 g/mol. The summed E-state index contributed by atoms with van der Waals surface area (Å²) < 4.78 is 5.74. The molecule has 1 aliphatic heterocycles. The number of aliphatic hydroxyl groups is 1. The van der Waals surface area contributed by atoms with Crippen molar-refractivity contribution in [3.8, 4) is 0 Å². The molecule has 1 unspecified atom stereocenters. The SMILES string of the molecule is CCNc1ncccc1C(=O)N1CC(CO)OC(C)(C)C1. The van der Waals surface area contributed by atoms with Gasteiger partial charge < -0.3 is 20.1 Å². The minimum atomic E-state index is -0.470. The van der Waals surface area contributed by atoms with Gasteiger partial charge in [-0.2, -0.15) is 0 Å². The highest BCUT2D eigenvalue weighted by Gasteiger charge is 2.36. The van der Waals surface area contributed by atoms with Crippen LogP contribution in [0.4, 0.5) is 5.82 Å². The summed E-state index contributed by atoms with van der Waals surface area (Å²) in [4.78, 5) is 18.7. The molecule has 116 valence electrons. The van der Waals surface area contributed by atoms with Crippen LogP contribution >= 0.6 is 0 Å². The Morgan fingerprint density at radius 2 is 2.38 bits per heavy atom. The maximum Gasteiger partial charge on any atom is 0.257 e. The molecule has 6 nitrogen and oxygen atoms in total. The highest BCUT2D eigenvalue weighted by atomic mass is 16.5. The maximum absolute atomic E-state index is 12.8. The number of aliphatic hydroxyl groups excluding tert-OH is 1. The van der Waals surface area contributed by atoms with Gasteiger partial charge in [-0.3, -0.25) is 4.79 Å². The molecule has 1 aliphatic rings. The molecular formula is C15H23N3O3. The summed E-state index contributed by atoms with van der Waals surface area (Å²) in [7, 11) is 0. The zero-order valence-electron chi connectivity index (χ0n) is 12.8. The quantitative estimate of drug-likeness (QED) is 0.870. The van der Waals surface area contributed by atoms with Crippen LogP contribution in [-0.2, 0) is 4.74 Å². The Balaban J connectivity index is 2.23. The Morgan fingerprint density at radius 3 is 3.05 bits per heavy atom. The van der Waals surface area contributed by atoms with Crippen LogP contribution in [0.3, 0.4) is 0 Å². The van der Waals surface area contributed by atoms with E-state index in [1.807, 2.05) is 20.8 Å². The number of amides is 1. The number of nitrogens with zero attached hydrogens (tertiary/aromatic N) is 2. The number of hydrogen-bond donors (Lipinski definition) is 2. The van der Waals surface area contributed by atoms with E-state index < -0.39 is 5.60 Å². The maximum atomic E-state index is 12.8. The Morgan fingerprint density at radius 1 is 1.62 bits per heavy atom. The fourth-order valence-corrected chi connectivity index (χ4v) is 2.60. The molecule has 0 spiro atoms. The normalized spacial score (nSPS) is 21.1. The topological polar surface area (TPSA) is 74.7 Å². The van der Waals surface area contributed by atoms with Crippen molar-refractivity contribution in [1.82, 2.24) is 9.88 Å². The number of ether oxygens (including phenoxy) is 1. The number of rotatable bonds is 4. The summed E-state index contributed by atoms with van der Waals surface area (Å²) in [5.74, 6) is 0.503. The molecule has 1 aromatic heterocycles. The van der Waals surface area contributed by atoms with Crippen LogP contribution in [0.5, 0.6) is 0 Å². The van der Waals surface area contributed by atoms with Crippen molar-refractivity contribution in [2.24, 2.45) is 0 Å². The van der Waals surface area contributed by atoms with Crippen molar-refractivity contribution < 1.29 is 14.6 Å². The number of morpholine rings is 1. The van der Waals surface area contributed by atoms with Gasteiger partial charge in [-0.05, 0) is 32.9 Å². The summed E-state index contributed by atoms with van der Waals surface area (Å²) >= 11 is 0. The van der Waals surface area contributed by atoms with Crippen LogP contribution in [-0.4, -0.2) is 58.8 Å². The lowest BCUT2D eigenvalue weighted by Crippen LogP contribution is -2.55. The van der Waals surface area contributed by atoms with Crippen molar-refractivity contribution in [2.45, 2.75) is 32.5 Å². The fraction of sp³-hybridized carbons (Fsp3) is 0.600. The lowest BCUT2D eigenvalue weighted by atomic mass is 10.0. The molecule has 1 atom stereocenters. The van der Waals surface area contributed by atoms with Crippen molar-refractivity contribution in [2.75, 3.05) is 31.6 Å². The third kappa shape index (κ3) is 3.71. The first-order valence-electron chi connectivity index (χ1n) is 7.23. The van der Waals surface area contributed by atoms with Crippen molar-refractivity contribution in [1.29, 1.82) is 0 Å². The van der Waals surface area contributed by atoms with E-state index in [2.05, 4.69) is 10.3 Å². The van der Waals surface area contributed by atoms with E-state index in [9.17, 15) is 9.90 Å². The smallest absolute Gasteiger partial charge is 0.257 e. The predicted molar refractivity (Wildman–Crippen MR) is 80.3 cm³/mol. The first kappa shape index (κ1) is 15.7. The molecule has 0 aromatic carbocycles. The van der Waals surface area contributed by atoms with E-state index in [0.29, 0.717) is 31.0 Å². The van der Waals surface area contributed by atoms with Gasteiger partial charge >= 0.3 is 0 Å². The molecule has 2 rings (SSSR count). The average molecular weight is 293 g/mol. The second-order valence-electron chi connectivity index (χ2n) is 5.80. The standard InChI is InChI=1S/C15H23N3O3/c1-4-16-13-12(6-5-7-17-13)14(20)18-8-11(9-19)21-15(2,3)10-18/h5-7,11,19H,4,8-10H2,1-3H3,(H,16,17). The summed E-state index contributed by atoms with van der Waals surface area (Å²) in [6.45, 7) is 7.28. The van der Waals surface area contributed by atoms with Gasteiger partial charge in [0, 0.05) is 25.8 Å². The van der Waals surface area contributed by atoms with Gasteiger partial charge in [-0.15, -0.1) is 0 Å². The third-order valence-corrected chi connectivity index (χ3v) is 3.35. The van der Waals surface area contributed by atoms with Gasteiger partial charge in [0.1, 0.15) is 5.82 Å². The Hall–Kier alpha value is -1.66. The van der Waals surface area contributed by atoms with E-state index in [0.717, 1.165) is 0 Å². The molecule has 2 heterocycles. The van der Waals surface area contributed by atoms with E-state index in [-0.39, 0.29) is 18.6 Å². The highest BCUT2D eigenvalue weighted by Crippen LogP contribution is 2.24. The minimum absolute atomic E-state index is 0.0890. The summed E-state index contributed by atoms with van der Waals surface area (Å²) in [5, 5.41) is 12.4. The van der Waals surface area contributed by atoms with Gasteiger partial charge in [0.25, 0.3) is 5.91 Å². The Kier molecular flexibility index (Phi) is 4.80. The summed E-state index contributed by atoms with van der Waals surface area (Å²) in [6.07, 6.45) is 1.31. The molecule has 0 bridgehead atoms. The first-order chi connectivity index (χ1) is 9.96. The number of aromatic nitrogens is 1. The molecule has 21 heavy (non-hydrogen) atoms. The number of pyridine rings is 1. The van der Waals surface area contributed by atoms with Gasteiger partial charge in [-0.25, -0.2) is 4.98 Å². The van der Waals surface area contributed by atoms with E-state index in [4.69, 9.17) is 4.74 Å². The van der Waals surface area contributed by atoms with E-state index in [1.54, 1.807) is 23.2 Å². The minimum Gasteiger partial charge on any atom is -0.394 e. The Bertz CT molecular complexity index is 505. The molecule has 2 N–H and O–H groups in total. The fourth-order valence-electron chi connectivity index (χ4n) is 2.60. The predicted octanol–water partition coefficient (Wildman–Crippen LogP) is 1.13. The molecule has 0 saturated carbocycles. The molecule has 0 radical (unpaired) electrons. The van der Waals surface area contributed by atoms with Gasteiger partial charge in [0.2, 0.25) is 0 Å². The third-order valence-electron chi connectivity index (χ3n) is 3.35. The number of nitrogens with one attached hydrogen (secondary N) is 1. The van der Waals surface area contributed by atoms with Crippen LogP contribution < -0.4 is 5.32 Å². The molecule has 6 heteroatoms. The van der Waals surface area contributed by atoms with Crippen LogP contribution in [0.15, 0.2) is 18.3 Å². The summed E-state index contributed by atoms with van der Waals surface area (Å²) in [6, 6.07) is 3.52. The lowest BCUT2D eigenvalue weighted by Gasteiger charge is -2.42. The molecule has 1 amide bonds. The molecule has 1 saturated heterocycles. The zero-order chi connectivity index (χ0) is 15.5. The van der Waals surface area contributed by atoms with Crippen molar-refractivity contribution >= 4 is 11.7 Å². The molecular weight excluding hydrogens is 270 g/mol. The summed E-state index contributed by atoms with van der Waals surface area (Å²) in [5.41, 5.74) is 0.0794. The van der Waals surface area contributed by atoms with Crippen LogP contribution in [0.1, 0.15) is 31.1 Å². The number of carbonyl (C=O) groups excluding carboxylic acids is 1. The first-order valence-corrected chi connectivity index (χ1v) is 7.23. The average Bonchev–Trinajstić information content (AvgIpc) is 2.45. The van der Waals surface area contributed by atoms with Crippen LogP contribution in [0.25, 0.3) is 0 Å².